The van der Waals surface area contributed by atoms with Crippen LogP contribution in [0.2, 0.25) is 0 Å². The number of fused-ring (bicyclic) bond motifs is 4. The molecule has 0 spiro atoms. The Hall–Kier alpha value is -5.86. The van der Waals surface area contributed by atoms with Crippen LogP contribution in [-0.4, -0.2) is 133 Å². The number of carbonyl (C=O) groups excluding carboxylic acids is 7. The van der Waals surface area contributed by atoms with Crippen molar-refractivity contribution in [2.24, 2.45) is 35.5 Å². The van der Waals surface area contributed by atoms with Crippen LogP contribution in [0.3, 0.4) is 0 Å². The van der Waals surface area contributed by atoms with Crippen LogP contribution in [-0.2, 0) is 53.6 Å². The maximum absolute atomic E-state index is 13.8. The number of ether oxygens (including phenoxy) is 1. The first kappa shape index (κ1) is 55.4. The van der Waals surface area contributed by atoms with Crippen LogP contribution in [0.15, 0.2) is 48.6 Å². The number of anilines is 1. The zero-order chi connectivity index (χ0) is 54.3. The van der Waals surface area contributed by atoms with E-state index in [4.69, 9.17) is 10.00 Å². The highest BCUT2D eigenvalue weighted by Crippen LogP contribution is 2.50. The number of aliphatic hydroxyl groups is 1. The van der Waals surface area contributed by atoms with Crippen molar-refractivity contribution in [1.82, 2.24) is 29.9 Å². The molecule has 7 amide bonds. The fourth-order valence-corrected chi connectivity index (χ4v) is 13.5. The third kappa shape index (κ3) is 11.9. The number of amides is 7. The number of hydrogen-bond donors (Lipinski definition) is 6. The molecule has 21 nitrogen and oxygen atoms in total. The van der Waals surface area contributed by atoms with Gasteiger partial charge in [-0.3, -0.25) is 43.5 Å². The zero-order valence-electron chi connectivity index (χ0n) is 43.0. The first-order valence-electron chi connectivity index (χ1n) is 26.1. The van der Waals surface area contributed by atoms with Crippen molar-refractivity contribution in [1.29, 1.82) is 5.26 Å². The van der Waals surface area contributed by atoms with Crippen LogP contribution in [0.5, 0.6) is 0 Å². The van der Waals surface area contributed by atoms with Gasteiger partial charge in [-0.2, -0.15) is 5.26 Å². The van der Waals surface area contributed by atoms with E-state index in [-0.39, 0.29) is 55.8 Å². The number of carbonyl (C=O) groups is 7. The highest BCUT2D eigenvalue weighted by molar-refractivity contribution is 7.92. The van der Waals surface area contributed by atoms with E-state index in [0.717, 1.165) is 38.5 Å². The number of hydrogen-bond acceptors (Lipinski definition) is 14. The fourth-order valence-electron chi connectivity index (χ4n) is 10.9. The smallest absolute Gasteiger partial charge is 0.411 e. The molecule has 408 valence electrons. The second kappa shape index (κ2) is 21.3. The molecule has 10 atom stereocenters. The summed E-state index contributed by atoms with van der Waals surface area (Å²) >= 11 is 0. The SMILES string of the molecule is CN1CCCC/C=C\[C@@H]2C[C@@]2(C(=O)NS(=O)(=O)C2(C)CC2)NC(=O)C2C[C@@H](O)C[C@H]2C1=O.CN1CCCC/C=C\[C@@H]2C[C@@]2(C(=O)NS(=O)(=O)C2(C)CC2)NC(=O)[C@@H]2C[C@@H](OC(=O)Nc3cccc(C#N)c3)C[C@H]2C1=O. The lowest BCUT2D eigenvalue weighted by Gasteiger charge is -2.27. The molecule has 0 saturated heterocycles. The lowest BCUT2D eigenvalue weighted by molar-refractivity contribution is -0.141. The van der Waals surface area contributed by atoms with Gasteiger partial charge in [-0.15, -0.1) is 0 Å². The van der Waals surface area contributed by atoms with Crippen molar-refractivity contribution in [2.75, 3.05) is 32.5 Å². The Bertz CT molecular complexity index is 2810. The van der Waals surface area contributed by atoms with Crippen LogP contribution in [0, 0.1) is 46.8 Å². The van der Waals surface area contributed by atoms with Crippen LogP contribution in [0.1, 0.15) is 122 Å². The number of aliphatic hydroxyl groups excluding tert-OH is 1. The third-order valence-electron chi connectivity index (χ3n) is 16.8. The molecular formula is C52H70N8O13S2. The molecule has 23 heteroatoms. The molecule has 2 aliphatic heterocycles. The summed E-state index contributed by atoms with van der Waals surface area (Å²) in [5, 5.41) is 27.5. The summed E-state index contributed by atoms with van der Waals surface area (Å²) in [6.45, 7) is 4.27. The quantitative estimate of drug-likeness (QED) is 0.204. The second-order valence-electron chi connectivity index (χ2n) is 22.5. The van der Waals surface area contributed by atoms with Crippen molar-refractivity contribution in [3.05, 3.63) is 54.1 Å². The summed E-state index contributed by atoms with van der Waals surface area (Å²) < 4.78 is 59.1. The fraction of sp³-hybridized carbons (Fsp3) is 0.654. The summed E-state index contributed by atoms with van der Waals surface area (Å²) in [5.41, 5.74) is -2.07. The highest BCUT2D eigenvalue weighted by atomic mass is 32.2. The number of sulfonamides is 2. The van der Waals surface area contributed by atoms with Gasteiger partial charge in [0.15, 0.2) is 0 Å². The minimum Gasteiger partial charge on any atom is -0.446 e. The maximum Gasteiger partial charge on any atom is 0.411 e. The van der Waals surface area contributed by atoms with Gasteiger partial charge in [0.1, 0.15) is 17.2 Å². The largest absolute Gasteiger partial charge is 0.446 e. The first-order valence-corrected chi connectivity index (χ1v) is 29.1. The second-order valence-corrected chi connectivity index (χ2v) is 26.9. The van der Waals surface area contributed by atoms with Gasteiger partial charge in [-0.1, -0.05) is 30.4 Å². The normalized spacial score (nSPS) is 33.9. The minimum atomic E-state index is -3.93. The summed E-state index contributed by atoms with van der Waals surface area (Å²) in [6, 6.07) is 8.31. The Kier molecular flexibility index (Phi) is 15.7. The minimum absolute atomic E-state index is 0.0519. The van der Waals surface area contributed by atoms with Gasteiger partial charge in [-0.05, 0) is 135 Å². The Morgan fingerprint density at radius 1 is 0.707 bits per heavy atom. The van der Waals surface area contributed by atoms with E-state index in [2.05, 4.69) is 25.4 Å². The van der Waals surface area contributed by atoms with Gasteiger partial charge in [0, 0.05) is 44.7 Å². The van der Waals surface area contributed by atoms with E-state index >= 15 is 0 Å². The number of nitrogens with zero attached hydrogens (tertiary/aromatic N) is 3. The molecule has 0 bridgehead atoms. The average molecular weight is 1080 g/mol. The van der Waals surface area contributed by atoms with Crippen molar-refractivity contribution in [3.8, 4) is 6.07 Å². The molecule has 0 radical (unpaired) electrons. The van der Waals surface area contributed by atoms with E-state index in [1.165, 1.54) is 6.07 Å². The molecule has 1 unspecified atom stereocenters. The first-order chi connectivity index (χ1) is 35.4. The van der Waals surface area contributed by atoms with Gasteiger partial charge in [0.05, 0.1) is 50.9 Å². The molecule has 6 aliphatic carbocycles. The average Bonchev–Trinajstić information content (AvgIpc) is 4.31. The number of benzene rings is 1. The number of nitriles is 1. The Balaban J connectivity index is 0.000000208. The summed E-state index contributed by atoms with van der Waals surface area (Å²) in [4.78, 5) is 96.1. The van der Waals surface area contributed by atoms with Gasteiger partial charge in [-0.25, -0.2) is 21.6 Å². The number of rotatable bonds is 8. The molecule has 6 saturated carbocycles. The molecule has 75 heavy (non-hydrogen) atoms. The monoisotopic (exact) mass is 1080 g/mol. The Morgan fingerprint density at radius 2 is 1.16 bits per heavy atom. The van der Waals surface area contributed by atoms with Crippen LogP contribution < -0.4 is 25.4 Å². The predicted octanol–water partition coefficient (Wildman–Crippen LogP) is 3.02. The molecule has 8 aliphatic rings. The Morgan fingerprint density at radius 3 is 1.64 bits per heavy atom. The lowest BCUT2D eigenvalue weighted by Crippen LogP contribution is -2.55. The van der Waals surface area contributed by atoms with Crippen LogP contribution >= 0.6 is 0 Å². The van der Waals surface area contributed by atoms with Crippen LogP contribution in [0.25, 0.3) is 0 Å². The summed E-state index contributed by atoms with van der Waals surface area (Å²) in [6.07, 6.45) is 13.0. The van der Waals surface area contributed by atoms with E-state index in [1.54, 1.807) is 55.9 Å². The van der Waals surface area contributed by atoms with E-state index in [0.29, 0.717) is 56.4 Å². The maximum atomic E-state index is 13.8. The molecule has 2 heterocycles. The molecule has 6 fully saturated rings. The van der Waals surface area contributed by atoms with Gasteiger partial charge < -0.3 is 30.3 Å². The van der Waals surface area contributed by atoms with E-state index in [1.807, 2.05) is 30.4 Å². The molecule has 1 aromatic carbocycles. The Labute approximate surface area is 438 Å². The topological polar surface area (TPSA) is 308 Å². The van der Waals surface area contributed by atoms with Gasteiger partial charge in [0.25, 0.3) is 11.8 Å². The van der Waals surface area contributed by atoms with Crippen molar-refractivity contribution in [3.63, 3.8) is 0 Å². The van der Waals surface area contributed by atoms with Crippen LogP contribution in [0.4, 0.5) is 10.5 Å². The molecule has 9 rings (SSSR count). The van der Waals surface area contributed by atoms with Crippen molar-refractivity contribution >= 4 is 67.3 Å². The standard InChI is InChI=1S/C30H37N5O7S.C22H33N3O6S/c1-29(11-12-29)43(40,41)34-27(38)30-17-20(30)9-5-3-4-6-13-35(2)26(37)24-16-22(15-23(24)25(36)33-30)42-28(39)32-21-10-7-8-19(14-21)18-31;1-21(8-9-21)32(30,31)24-20(29)22-13-14(22)7-5-3-4-6-10-25(2)19(28)17-12-15(26)11-16(17)18(27)23-22/h5,7-10,14,20,22-24H,3-4,6,11-13,15-17H2,1-2H3,(H,32,39)(H,33,36)(H,34,38);5,7,14-17,26H,3-4,6,8-13H2,1-2H3,(H,23,27)(H,24,29)/b9-5-;7-5-/t20-,22-,23-,24-,30-;14-,15-,16?,17-,22-/m11/s1. The molecule has 1 aromatic rings. The number of nitrogens with one attached hydrogen (secondary N) is 5. The van der Waals surface area contributed by atoms with E-state index in [9.17, 15) is 55.5 Å². The highest BCUT2D eigenvalue weighted by Gasteiger charge is 2.65. The van der Waals surface area contributed by atoms with E-state index < -0.39 is 106 Å². The summed E-state index contributed by atoms with van der Waals surface area (Å²) in [5.74, 6) is -6.76. The number of allylic oxidation sites excluding steroid dienone is 2. The third-order valence-corrected chi connectivity index (χ3v) is 21.1. The molecule has 6 N–H and O–H groups in total. The zero-order valence-corrected chi connectivity index (χ0v) is 44.6. The molecule has 0 aromatic heterocycles. The van der Waals surface area contributed by atoms with Crippen molar-refractivity contribution < 1.29 is 60.2 Å². The predicted molar refractivity (Wildman–Crippen MR) is 272 cm³/mol. The molecular weight excluding hydrogens is 1010 g/mol. The summed E-state index contributed by atoms with van der Waals surface area (Å²) in [7, 11) is -4.39. The van der Waals surface area contributed by atoms with Gasteiger partial charge in [0.2, 0.25) is 43.7 Å². The van der Waals surface area contributed by atoms with Crippen molar-refractivity contribution in [2.45, 2.75) is 149 Å². The lowest BCUT2D eigenvalue weighted by atomic mass is 9.93. The van der Waals surface area contributed by atoms with Gasteiger partial charge >= 0.3 is 6.09 Å².